The molecule has 0 amide bonds. The van der Waals surface area contributed by atoms with Gasteiger partial charge in [0.1, 0.15) is 6.61 Å². The van der Waals surface area contributed by atoms with Gasteiger partial charge in [-0.3, -0.25) is 0 Å². The van der Waals surface area contributed by atoms with Gasteiger partial charge in [0.2, 0.25) is 0 Å². The van der Waals surface area contributed by atoms with Crippen LogP contribution in [0.15, 0.2) is 29.4 Å². The van der Waals surface area contributed by atoms with Crippen LogP contribution in [0.3, 0.4) is 0 Å². The monoisotopic (exact) mass is 202 g/mol. The molecule has 1 N–H and O–H groups in total. The van der Waals surface area contributed by atoms with Crippen LogP contribution in [-0.2, 0) is 4.84 Å². The standard InChI is InChI=1S/C12H14N2O/c1-3-15-13-8-11-9(2)14-12-7-5-4-6-10(11)12/h4-8,14H,3H2,1-2H3/b13-8+. The van der Waals surface area contributed by atoms with Crippen molar-refractivity contribution in [3.05, 3.63) is 35.5 Å². The van der Waals surface area contributed by atoms with Crippen LogP contribution in [0.2, 0.25) is 0 Å². The second-order valence-corrected chi connectivity index (χ2v) is 3.36. The molecule has 0 spiro atoms. The molecule has 0 aliphatic heterocycles. The highest BCUT2D eigenvalue weighted by molar-refractivity contribution is 6.00. The predicted molar refractivity (Wildman–Crippen MR) is 62.3 cm³/mol. The van der Waals surface area contributed by atoms with Gasteiger partial charge in [0.05, 0.1) is 6.21 Å². The molecule has 78 valence electrons. The second kappa shape index (κ2) is 4.17. The smallest absolute Gasteiger partial charge is 0.114 e. The van der Waals surface area contributed by atoms with E-state index in [-0.39, 0.29) is 0 Å². The van der Waals surface area contributed by atoms with Gasteiger partial charge in [0, 0.05) is 22.2 Å². The van der Waals surface area contributed by atoms with Gasteiger partial charge in [0.25, 0.3) is 0 Å². The van der Waals surface area contributed by atoms with Crippen molar-refractivity contribution in [2.75, 3.05) is 6.61 Å². The Kier molecular flexibility index (Phi) is 2.72. The van der Waals surface area contributed by atoms with Crippen LogP contribution >= 0.6 is 0 Å². The van der Waals surface area contributed by atoms with E-state index < -0.39 is 0 Å². The normalized spacial score (nSPS) is 11.3. The van der Waals surface area contributed by atoms with Gasteiger partial charge in [-0.25, -0.2) is 0 Å². The number of aryl methyl sites for hydroxylation is 1. The van der Waals surface area contributed by atoms with Crippen molar-refractivity contribution in [3.63, 3.8) is 0 Å². The number of benzene rings is 1. The van der Waals surface area contributed by atoms with Crippen molar-refractivity contribution in [3.8, 4) is 0 Å². The Hall–Kier alpha value is -1.77. The first-order chi connectivity index (χ1) is 7.33. The molecule has 2 aromatic rings. The molecule has 0 aliphatic carbocycles. The lowest BCUT2D eigenvalue weighted by Crippen LogP contribution is -1.85. The van der Waals surface area contributed by atoms with Gasteiger partial charge < -0.3 is 9.82 Å². The third-order valence-corrected chi connectivity index (χ3v) is 2.33. The number of aromatic nitrogens is 1. The van der Waals surface area contributed by atoms with Gasteiger partial charge in [-0.15, -0.1) is 0 Å². The third-order valence-electron chi connectivity index (χ3n) is 2.33. The number of para-hydroxylation sites is 1. The van der Waals surface area contributed by atoms with Gasteiger partial charge in [-0.2, -0.15) is 0 Å². The number of hydrogen-bond donors (Lipinski definition) is 1. The van der Waals surface area contributed by atoms with Gasteiger partial charge in [0.15, 0.2) is 0 Å². The van der Waals surface area contributed by atoms with Crippen molar-refractivity contribution in [1.82, 2.24) is 4.98 Å². The molecule has 15 heavy (non-hydrogen) atoms. The molecule has 3 nitrogen and oxygen atoms in total. The molecule has 0 radical (unpaired) electrons. The largest absolute Gasteiger partial charge is 0.396 e. The van der Waals surface area contributed by atoms with E-state index >= 15 is 0 Å². The van der Waals surface area contributed by atoms with E-state index in [0.717, 1.165) is 16.8 Å². The van der Waals surface area contributed by atoms with E-state index in [9.17, 15) is 0 Å². The predicted octanol–water partition coefficient (Wildman–Crippen LogP) is 2.85. The van der Waals surface area contributed by atoms with Crippen LogP contribution in [-0.4, -0.2) is 17.8 Å². The Morgan fingerprint density at radius 2 is 2.20 bits per heavy atom. The Labute approximate surface area is 88.7 Å². The molecule has 0 atom stereocenters. The summed E-state index contributed by atoms with van der Waals surface area (Å²) in [6.45, 7) is 4.55. The van der Waals surface area contributed by atoms with Crippen LogP contribution in [0.5, 0.6) is 0 Å². The first-order valence-electron chi connectivity index (χ1n) is 5.05. The van der Waals surface area contributed by atoms with Gasteiger partial charge in [-0.05, 0) is 19.9 Å². The molecular formula is C12H14N2O. The lowest BCUT2D eigenvalue weighted by Gasteiger charge is -1.93. The highest BCUT2D eigenvalue weighted by Gasteiger charge is 2.04. The van der Waals surface area contributed by atoms with E-state index in [1.165, 1.54) is 5.39 Å². The number of H-pyrrole nitrogens is 1. The molecule has 1 aromatic heterocycles. The fourth-order valence-corrected chi connectivity index (χ4v) is 1.63. The molecular weight excluding hydrogens is 188 g/mol. The zero-order valence-electron chi connectivity index (χ0n) is 8.95. The summed E-state index contributed by atoms with van der Waals surface area (Å²) in [5, 5.41) is 5.08. The van der Waals surface area contributed by atoms with Crippen LogP contribution in [0, 0.1) is 6.92 Å². The minimum absolute atomic E-state index is 0.595. The number of fused-ring (bicyclic) bond motifs is 1. The van der Waals surface area contributed by atoms with Crippen LogP contribution in [0.25, 0.3) is 10.9 Å². The second-order valence-electron chi connectivity index (χ2n) is 3.36. The summed E-state index contributed by atoms with van der Waals surface area (Å²) in [7, 11) is 0. The van der Waals surface area contributed by atoms with Crippen LogP contribution < -0.4 is 0 Å². The number of rotatable bonds is 3. The first-order valence-corrected chi connectivity index (χ1v) is 5.05. The quantitative estimate of drug-likeness (QED) is 0.603. The number of nitrogens with one attached hydrogen (secondary N) is 1. The van der Waals surface area contributed by atoms with E-state index in [4.69, 9.17) is 4.84 Å². The minimum atomic E-state index is 0.595. The maximum absolute atomic E-state index is 4.97. The van der Waals surface area contributed by atoms with E-state index in [2.05, 4.69) is 22.3 Å². The Morgan fingerprint density at radius 1 is 1.40 bits per heavy atom. The van der Waals surface area contributed by atoms with Crippen molar-refractivity contribution >= 4 is 17.1 Å². The number of nitrogens with zero attached hydrogens (tertiary/aromatic N) is 1. The molecule has 0 unspecified atom stereocenters. The molecule has 0 fully saturated rings. The summed E-state index contributed by atoms with van der Waals surface area (Å²) in [4.78, 5) is 8.27. The molecule has 0 aliphatic rings. The summed E-state index contributed by atoms with van der Waals surface area (Å²) < 4.78 is 0. The molecule has 0 saturated heterocycles. The molecule has 1 heterocycles. The zero-order valence-corrected chi connectivity index (χ0v) is 8.95. The molecule has 3 heteroatoms. The summed E-state index contributed by atoms with van der Waals surface area (Å²) in [5.41, 5.74) is 3.34. The fraction of sp³-hybridized carbons (Fsp3) is 0.250. The lowest BCUT2D eigenvalue weighted by atomic mass is 10.1. The van der Waals surface area contributed by atoms with E-state index in [1.807, 2.05) is 26.0 Å². The third kappa shape index (κ3) is 1.86. The number of oxime groups is 1. The Bertz CT molecular complexity index is 485. The molecule has 0 saturated carbocycles. The van der Waals surface area contributed by atoms with Crippen LogP contribution in [0.4, 0.5) is 0 Å². The molecule has 0 bridgehead atoms. The fourth-order valence-electron chi connectivity index (χ4n) is 1.63. The summed E-state index contributed by atoms with van der Waals surface area (Å²) in [6, 6.07) is 8.17. The summed E-state index contributed by atoms with van der Waals surface area (Å²) in [5.74, 6) is 0. The number of aromatic amines is 1. The highest BCUT2D eigenvalue weighted by Crippen LogP contribution is 2.19. The van der Waals surface area contributed by atoms with Crippen LogP contribution in [0.1, 0.15) is 18.2 Å². The molecule has 2 rings (SSSR count). The van der Waals surface area contributed by atoms with E-state index in [0.29, 0.717) is 6.61 Å². The average molecular weight is 202 g/mol. The van der Waals surface area contributed by atoms with Crippen molar-refractivity contribution in [2.24, 2.45) is 5.16 Å². The highest BCUT2D eigenvalue weighted by atomic mass is 16.6. The van der Waals surface area contributed by atoms with Crippen molar-refractivity contribution in [2.45, 2.75) is 13.8 Å². The minimum Gasteiger partial charge on any atom is -0.396 e. The first kappa shape index (κ1) is 9.77. The zero-order chi connectivity index (χ0) is 10.7. The average Bonchev–Trinajstić information content (AvgIpc) is 2.56. The Balaban J connectivity index is 2.45. The summed E-state index contributed by atoms with van der Waals surface area (Å²) >= 11 is 0. The van der Waals surface area contributed by atoms with Gasteiger partial charge >= 0.3 is 0 Å². The number of hydrogen-bond acceptors (Lipinski definition) is 2. The molecule has 1 aromatic carbocycles. The van der Waals surface area contributed by atoms with Crippen molar-refractivity contribution in [1.29, 1.82) is 0 Å². The van der Waals surface area contributed by atoms with Gasteiger partial charge in [-0.1, -0.05) is 23.4 Å². The Morgan fingerprint density at radius 3 is 3.00 bits per heavy atom. The van der Waals surface area contributed by atoms with Crippen molar-refractivity contribution < 1.29 is 4.84 Å². The SMILES string of the molecule is CCO/N=C/c1c(C)[nH]c2ccccc12. The van der Waals surface area contributed by atoms with E-state index in [1.54, 1.807) is 6.21 Å². The maximum Gasteiger partial charge on any atom is 0.114 e. The topological polar surface area (TPSA) is 37.4 Å². The maximum atomic E-state index is 4.97. The lowest BCUT2D eigenvalue weighted by molar-refractivity contribution is 0.160. The summed E-state index contributed by atoms with van der Waals surface area (Å²) in [6.07, 6.45) is 1.76.